The smallest absolute Gasteiger partial charge is 0.417 e. The minimum absolute atomic E-state index is 0.228. The molecule has 1 aromatic carbocycles. The molecule has 1 aromatic rings. The van der Waals surface area contributed by atoms with Crippen LogP contribution in [-0.4, -0.2) is 36.6 Å². The van der Waals surface area contributed by atoms with Gasteiger partial charge in [-0.2, -0.15) is 0 Å². The van der Waals surface area contributed by atoms with Crippen molar-refractivity contribution < 1.29 is 14.3 Å². The maximum absolute atomic E-state index is 12.6. The van der Waals surface area contributed by atoms with Crippen molar-refractivity contribution in [2.45, 2.75) is 32.9 Å². The third-order valence-electron chi connectivity index (χ3n) is 3.10. The molecule has 5 nitrogen and oxygen atoms in total. The van der Waals surface area contributed by atoms with Crippen LogP contribution in [0.5, 0.6) is 0 Å². The highest BCUT2D eigenvalue weighted by molar-refractivity contribution is 9.10. The monoisotopic (exact) mass is 354 g/mol. The summed E-state index contributed by atoms with van der Waals surface area (Å²) in [6.07, 6.45) is -0.611. The van der Waals surface area contributed by atoms with Gasteiger partial charge in [-0.1, -0.05) is 15.9 Å². The summed E-state index contributed by atoms with van der Waals surface area (Å²) in [5.41, 5.74) is 1.54. The number of imide groups is 1. The number of benzene rings is 1. The van der Waals surface area contributed by atoms with Gasteiger partial charge in [-0.3, -0.25) is 4.79 Å². The van der Waals surface area contributed by atoms with E-state index in [0.29, 0.717) is 5.56 Å². The van der Waals surface area contributed by atoms with Crippen molar-refractivity contribution in [1.82, 2.24) is 4.90 Å². The van der Waals surface area contributed by atoms with E-state index in [1.165, 1.54) is 0 Å². The summed E-state index contributed by atoms with van der Waals surface area (Å²) in [5.74, 6) is -0.316. The predicted octanol–water partition coefficient (Wildman–Crippen LogP) is 3.41. The summed E-state index contributed by atoms with van der Waals surface area (Å²) < 4.78 is 6.12. The van der Waals surface area contributed by atoms with Crippen LogP contribution >= 0.6 is 15.9 Å². The standard InChI is InChI=1S/C15H19BrN2O3/c1-15(2,3)21-14(20)18-8-9-10(16)6-7-11(17(4)5)12(9)13(18)19/h6-7H,8H2,1-5H3. The minimum atomic E-state index is -0.631. The average Bonchev–Trinajstić information content (AvgIpc) is 2.67. The molecule has 0 saturated heterocycles. The van der Waals surface area contributed by atoms with E-state index in [1.807, 2.05) is 31.1 Å². The Balaban J connectivity index is 2.38. The van der Waals surface area contributed by atoms with Gasteiger partial charge in [0.25, 0.3) is 5.91 Å². The van der Waals surface area contributed by atoms with Crippen molar-refractivity contribution >= 4 is 33.6 Å². The normalized spacial score (nSPS) is 14.2. The molecule has 21 heavy (non-hydrogen) atoms. The lowest BCUT2D eigenvalue weighted by Crippen LogP contribution is -2.37. The Hall–Kier alpha value is -1.56. The number of anilines is 1. The number of rotatable bonds is 1. The van der Waals surface area contributed by atoms with Gasteiger partial charge in [-0.05, 0) is 32.9 Å². The van der Waals surface area contributed by atoms with E-state index in [0.717, 1.165) is 20.6 Å². The molecule has 0 unspecified atom stereocenters. The zero-order chi connectivity index (χ0) is 15.9. The summed E-state index contributed by atoms with van der Waals surface area (Å²) in [6.45, 7) is 5.56. The number of carbonyl (C=O) groups is 2. The highest BCUT2D eigenvalue weighted by atomic mass is 79.9. The zero-order valence-corrected chi connectivity index (χ0v) is 14.4. The number of ether oxygens (including phenoxy) is 1. The maximum Gasteiger partial charge on any atom is 0.417 e. The van der Waals surface area contributed by atoms with Crippen LogP contribution in [0.1, 0.15) is 36.7 Å². The van der Waals surface area contributed by atoms with Gasteiger partial charge >= 0.3 is 6.09 Å². The van der Waals surface area contributed by atoms with E-state index in [9.17, 15) is 9.59 Å². The van der Waals surface area contributed by atoms with Crippen LogP contribution in [0.4, 0.5) is 10.5 Å². The first-order valence-corrected chi connectivity index (χ1v) is 7.44. The Morgan fingerprint density at radius 2 is 1.95 bits per heavy atom. The van der Waals surface area contributed by atoms with Crippen LogP contribution in [0.25, 0.3) is 0 Å². The average molecular weight is 355 g/mol. The molecule has 0 atom stereocenters. The summed E-state index contributed by atoms with van der Waals surface area (Å²) >= 11 is 3.45. The molecule has 0 fully saturated rings. The van der Waals surface area contributed by atoms with E-state index >= 15 is 0 Å². The number of carbonyl (C=O) groups excluding carboxylic acids is 2. The highest BCUT2D eigenvalue weighted by Crippen LogP contribution is 2.36. The van der Waals surface area contributed by atoms with Gasteiger partial charge in [0.2, 0.25) is 0 Å². The first kappa shape index (κ1) is 15.8. The van der Waals surface area contributed by atoms with E-state index < -0.39 is 11.7 Å². The van der Waals surface area contributed by atoms with Crippen molar-refractivity contribution in [3.8, 4) is 0 Å². The molecular weight excluding hydrogens is 336 g/mol. The largest absolute Gasteiger partial charge is 0.443 e. The lowest BCUT2D eigenvalue weighted by molar-refractivity contribution is 0.0248. The maximum atomic E-state index is 12.6. The fourth-order valence-corrected chi connectivity index (χ4v) is 2.66. The molecule has 1 aliphatic heterocycles. The SMILES string of the molecule is CN(C)c1ccc(Br)c2c1C(=O)N(C(=O)OC(C)(C)C)C2. The molecular formula is C15H19BrN2O3. The van der Waals surface area contributed by atoms with Crippen LogP contribution in [0.2, 0.25) is 0 Å². The van der Waals surface area contributed by atoms with Crippen LogP contribution in [0, 0.1) is 0 Å². The fourth-order valence-electron chi connectivity index (χ4n) is 2.21. The molecule has 1 aliphatic rings. The first-order valence-electron chi connectivity index (χ1n) is 6.65. The quantitative estimate of drug-likeness (QED) is 0.775. The number of hydrogen-bond acceptors (Lipinski definition) is 4. The summed E-state index contributed by atoms with van der Waals surface area (Å²) in [7, 11) is 3.74. The van der Waals surface area contributed by atoms with E-state index in [1.54, 1.807) is 20.8 Å². The highest BCUT2D eigenvalue weighted by Gasteiger charge is 2.38. The summed E-state index contributed by atoms with van der Waals surface area (Å²) in [6, 6.07) is 3.75. The molecule has 6 heteroatoms. The van der Waals surface area contributed by atoms with Crippen molar-refractivity contribution in [3.63, 3.8) is 0 Å². The number of halogens is 1. The van der Waals surface area contributed by atoms with Gasteiger partial charge in [-0.15, -0.1) is 0 Å². The molecule has 2 amide bonds. The third kappa shape index (κ3) is 3.05. The predicted molar refractivity (Wildman–Crippen MR) is 84.6 cm³/mol. The lowest BCUT2D eigenvalue weighted by Gasteiger charge is -2.23. The molecule has 0 spiro atoms. The van der Waals surface area contributed by atoms with Crippen molar-refractivity contribution in [2.24, 2.45) is 0 Å². The first-order chi connectivity index (χ1) is 9.61. The Morgan fingerprint density at radius 1 is 1.33 bits per heavy atom. The third-order valence-corrected chi connectivity index (χ3v) is 3.85. The van der Waals surface area contributed by atoms with Crippen LogP contribution in [0.15, 0.2) is 16.6 Å². The van der Waals surface area contributed by atoms with Gasteiger partial charge < -0.3 is 9.64 Å². The summed E-state index contributed by atoms with van der Waals surface area (Å²) in [5, 5.41) is 0. The van der Waals surface area contributed by atoms with Gasteiger partial charge in [0.05, 0.1) is 12.1 Å². The Labute approximate surface area is 133 Å². The second kappa shape index (κ2) is 5.33. The second-order valence-electron chi connectivity index (χ2n) is 6.19. The van der Waals surface area contributed by atoms with Crippen molar-refractivity contribution in [1.29, 1.82) is 0 Å². The minimum Gasteiger partial charge on any atom is -0.443 e. The molecule has 0 aliphatic carbocycles. The zero-order valence-electron chi connectivity index (χ0n) is 12.9. The molecule has 2 rings (SSSR count). The topological polar surface area (TPSA) is 49.9 Å². The number of fused-ring (bicyclic) bond motifs is 1. The van der Waals surface area contributed by atoms with E-state index in [4.69, 9.17) is 4.74 Å². The van der Waals surface area contributed by atoms with Crippen LogP contribution < -0.4 is 4.90 Å². The van der Waals surface area contributed by atoms with Gasteiger partial charge in [0.1, 0.15) is 5.60 Å². The number of hydrogen-bond donors (Lipinski definition) is 0. The second-order valence-corrected chi connectivity index (χ2v) is 7.04. The fraction of sp³-hybridized carbons (Fsp3) is 0.467. The molecule has 0 bridgehead atoms. The molecule has 114 valence electrons. The van der Waals surface area contributed by atoms with Gasteiger partial charge in [-0.25, -0.2) is 9.69 Å². The van der Waals surface area contributed by atoms with Crippen LogP contribution in [0.3, 0.4) is 0 Å². The molecule has 1 heterocycles. The Bertz CT molecular complexity index is 606. The van der Waals surface area contributed by atoms with E-state index in [-0.39, 0.29) is 12.5 Å². The molecule has 0 aromatic heterocycles. The van der Waals surface area contributed by atoms with Crippen LogP contribution in [-0.2, 0) is 11.3 Å². The number of amides is 2. The summed E-state index contributed by atoms with van der Waals surface area (Å²) in [4.78, 5) is 27.8. The molecule has 0 N–H and O–H groups in total. The van der Waals surface area contributed by atoms with Gasteiger partial charge in [0.15, 0.2) is 0 Å². The Morgan fingerprint density at radius 3 is 2.48 bits per heavy atom. The van der Waals surface area contributed by atoms with Crippen molar-refractivity contribution in [2.75, 3.05) is 19.0 Å². The molecule has 0 saturated carbocycles. The van der Waals surface area contributed by atoms with E-state index in [2.05, 4.69) is 15.9 Å². The Kier molecular flexibility index (Phi) is 4.02. The lowest BCUT2D eigenvalue weighted by atomic mass is 10.1. The van der Waals surface area contributed by atoms with Crippen molar-refractivity contribution in [3.05, 3.63) is 27.7 Å². The van der Waals surface area contributed by atoms with Gasteiger partial charge in [0, 0.05) is 29.8 Å². The molecule has 0 radical (unpaired) electrons. The number of nitrogens with zero attached hydrogens (tertiary/aromatic N) is 2.